The number of hydrogen-bond donors (Lipinski definition) is 0. The summed E-state index contributed by atoms with van der Waals surface area (Å²) in [7, 11) is 0. The third-order valence-corrected chi connectivity index (χ3v) is 5.20. The molecule has 0 fully saturated rings. The first-order valence-corrected chi connectivity index (χ1v) is 9.38. The molecule has 0 bridgehead atoms. The van der Waals surface area contributed by atoms with Crippen molar-refractivity contribution in [2.24, 2.45) is 5.10 Å². The van der Waals surface area contributed by atoms with E-state index in [1.165, 1.54) is 0 Å². The average molecular weight is 402 g/mol. The Morgan fingerprint density at radius 2 is 1.58 bits per heavy atom. The van der Waals surface area contributed by atoms with Crippen LogP contribution in [-0.4, -0.2) is 5.71 Å². The monoisotopic (exact) mass is 400 g/mol. The summed E-state index contributed by atoms with van der Waals surface area (Å²) in [6.07, 6.45) is 0.757. The number of anilines is 1. The van der Waals surface area contributed by atoms with Crippen molar-refractivity contribution in [2.75, 3.05) is 5.01 Å². The smallest absolute Gasteiger partial charge is 0.0832 e. The number of benzene rings is 3. The summed E-state index contributed by atoms with van der Waals surface area (Å²) in [6.45, 7) is 0. The normalized spacial score (nSPS) is 16.7. The fourth-order valence-corrected chi connectivity index (χ4v) is 3.74. The molecular formula is C21H15Cl3N2. The Labute approximate surface area is 167 Å². The van der Waals surface area contributed by atoms with E-state index in [-0.39, 0.29) is 6.04 Å². The van der Waals surface area contributed by atoms with Crippen LogP contribution in [0.5, 0.6) is 0 Å². The van der Waals surface area contributed by atoms with Crippen LogP contribution in [-0.2, 0) is 0 Å². The molecule has 4 rings (SSSR count). The topological polar surface area (TPSA) is 15.6 Å². The Bertz CT molecular complexity index is 970. The molecule has 0 unspecified atom stereocenters. The number of hydrazone groups is 1. The standard InChI is InChI=1S/C21H15Cl3N2/c22-16-8-4-7-15(11-16)20-13-19(14-5-2-1-3-6-14)25-26(20)21-12-17(23)9-10-18(21)24/h1-12,20H,13H2/t20-/m0/s1. The molecule has 3 aromatic rings. The first-order valence-electron chi connectivity index (χ1n) is 8.24. The predicted molar refractivity (Wildman–Crippen MR) is 111 cm³/mol. The number of nitrogens with zero attached hydrogens (tertiary/aromatic N) is 2. The van der Waals surface area contributed by atoms with Crippen LogP contribution in [0.3, 0.4) is 0 Å². The zero-order valence-corrected chi connectivity index (χ0v) is 16.0. The molecule has 2 nitrogen and oxygen atoms in total. The molecular weight excluding hydrogens is 387 g/mol. The Kier molecular flexibility index (Phi) is 4.90. The molecule has 1 heterocycles. The summed E-state index contributed by atoms with van der Waals surface area (Å²) < 4.78 is 0. The van der Waals surface area contributed by atoms with Crippen molar-refractivity contribution in [3.8, 4) is 0 Å². The van der Waals surface area contributed by atoms with Gasteiger partial charge < -0.3 is 0 Å². The highest BCUT2D eigenvalue weighted by Gasteiger charge is 2.31. The SMILES string of the molecule is Clc1cccc([C@@H]2CC(c3ccccc3)=NN2c2cc(Cl)ccc2Cl)c1. The Morgan fingerprint density at radius 1 is 0.808 bits per heavy atom. The summed E-state index contributed by atoms with van der Waals surface area (Å²) in [5.74, 6) is 0. The minimum Gasteiger partial charge on any atom is -0.256 e. The van der Waals surface area contributed by atoms with Gasteiger partial charge in [-0.15, -0.1) is 0 Å². The molecule has 3 aromatic carbocycles. The molecule has 0 amide bonds. The minimum atomic E-state index is -0.000118. The molecule has 0 aromatic heterocycles. The maximum absolute atomic E-state index is 6.46. The largest absolute Gasteiger partial charge is 0.256 e. The van der Waals surface area contributed by atoms with Crippen LogP contribution in [0.15, 0.2) is 77.9 Å². The van der Waals surface area contributed by atoms with Crippen LogP contribution in [0.2, 0.25) is 15.1 Å². The van der Waals surface area contributed by atoms with Gasteiger partial charge in [0.25, 0.3) is 0 Å². The van der Waals surface area contributed by atoms with E-state index in [9.17, 15) is 0 Å². The van der Waals surface area contributed by atoms with Crippen LogP contribution >= 0.6 is 34.8 Å². The summed E-state index contributed by atoms with van der Waals surface area (Å²) in [5, 5.41) is 8.76. The summed E-state index contributed by atoms with van der Waals surface area (Å²) in [4.78, 5) is 0. The van der Waals surface area contributed by atoms with Gasteiger partial charge in [-0.05, 0) is 41.5 Å². The number of halogens is 3. The van der Waals surface area contributed by atoms with Crippen LogP contribution in [0, 0.1) is 0 Å². The van der Waals surface area contributed by atoms with Crippen molar-refractivity contribution in [3.05, 3.63) is 99.0 Å². The first kappa shape index (κ1) is 17.4. The molecule has 0 N–H and O–H groups in total. The van der Waals surface area contributed by atoms with E-state index in [1.54, 1.807) is 12.1 Å². The molecule has 0 saturated heterocycles. The second kappa shape index (κ2) is 7.32. The van der Waals surface area contributed by atoms with E-state index in [4.69, 9.17) is 39.9 Å². The van der Waals surface area contributed by atoms with Gasteiger partial charge in [0.15, 0.2) is 0 Å². The molecule has 130 valence electrons. The highest BCUT2D eigenvalue weighted by atomic mass is 35.5. The van der Waals surface area contributed by atoms with Gasteiger partial charge in [0.2, 0.25) is 0 Å². The number of hydrogen-bond acceptors (Lipinski definition) is 2. The Hall–Kier alpha value is -2.00. The van der Waals surface area contributed by atoms with Crippen molar-refractivity contribution < 1.29 is 0 Å². The predicted octanol–water partition coefficient (Wildman–Crippen LogP) is 7.00. The van der Waals surface area contributed by atoms with E-state index < -0.39 is 0 Å². The van der Waals surface area contributed by atoms with Gasteiger partial charge in [0, 0.05) is 16.5 Å². The van der Waals surface area contributed by atoms with Crippen molar-refractivity contribution in [1.29, 1.82) is 0 Å². The quantitative estimate of drug-likeness (QED) is 0.461. The van der Waals surface area contributed by atoms with E-state index in [0.717, 1.165) is 28.9 Å². The van der Waals surface area contributed by atoms with Crippen LogP contribution < -0.4 is 5.01 Å². The van der Waals surface area contributed by atoms with Gasteiger partial charge in [0.1, 0.15) is 0 Å². The molecule has 0 aliphatic carbocycles. The fourth-order valence-electron chi connectivity index (χ4n) is 3.17. The first-order chi connectivity index (χ1) is 12.6. The van der Waals surface area contributed by atoms with Gasteiger partial charge >= 0.3 is 0 Å². The summed E-state index contributed by atoms with van der Waals surface area (Å²) >= 11 is 18.9. The van der Waals surface area contributed by atoms with Gasteiger partial charge in [-0.1, -0.05) is 77.3 Å². The lowest BCUT2D eigenvalue weighted by atomic mass is 9.98. The molecule has 0 saturated carbocycles. The van der Waals surface area contributed by atoms with Gasteiger partial charge in [-0.3, -0.25) is 5.01 Å². The van der Waals surface area contributed by atoms with E-state index >= 15 is 0 Å². The maximum Gasteiger partial charge on any atom is 0.0832 e. The fraction of sp³-hybridized carbons (Fsp3) is 0.0952. The van der Waals surface area contributed by atoms with E-state index in [1.807, 2.05) is 47.5 Å². The Balaban J connectivity index is 1.81. The molecule has 0 spiro atoms. The summed E-state index contributed by atoms with van der Waals surface area (Å²) in [6, 6.07) is 23.4. The van der Waals surface area contributed by atoms with Crippen LogP contribution in [0.25, 0.3) is 0 Å². The van der Waals surface area contributed by atoms with Gasteiger partial charge in [-0.25, -0.2) is 0 Å². The van der Waals surface area contributed by atoms with Crippen molar-refractivity contribution >= 4 is 46.2 Å². The molecule has 0 radical (unpaired) electrons. The Morgan fingerprint density at radius 3 is 2.35 bits per heavy atom. The minimum absolute atomic E-state index is 0.000118. The van der Waals surface area contributed by atoms with Gasteiger partial charge in [-0.2, -0.15) is 5.10 Å². The highest BCUT2D eigenvalue weighted by Crippen LogP contribution is 2.41. The molecule has 26 heavy (non-hydrogen) atoms. The zero-order valence-electron chi connectivity index (χ0n) is 13.7. The van der Waals surface area contributed by atoms with Crippen molar-refractivity contribution in [2.45, 2.75) is 12.5 Å². The lowest BCUT2D eigenvalue weighted by molar-refractivity contribution is 0.709. The van der Waals surface area contributed by atoms with Gasteiger partial charge in [0.05, 0.1) is 22.5 Å². The maximum atomic E-state index is 6.46. The third kappa shape index (κ3) is 3.45. The van der Waals surface area contributed by atoms with Crippen LogP contribution in [0.4, 0.5) is 5.69 Å². The van der Waals surface area contributed by atoms with E-state index in [0.29, 0.717) is 15.1 Å². The lowest BCUT2D eigenvalue weighted by Gasteiger charge is -2.25. The van der Waals surface area contributed by atoms with Crippen LogP contribution in [0.1, 0.15) is 23.6 Å². The van der Waals surface area contributed by atoms with E-state index in [2.05, 4.69) is 18.2 Å². The highest BCUT2D eigenvalue weighted by molar-refractivity contribution is 6.35. The average Bonchev–Trinajstić information content (AvgIpc) is 3.10. The third-order valence-electron chi connectivity index (χ3n) is 4.41. The molecule has 1 aliphatic rings. The van der Waals surface area contributed by atoms with Crippen molar-refractivity contribution in [3.63, 3.8) is 0 Å². The molecule has 1 aliphatic heterocycles. The zero-order chi connectivity index (χ0) is 18.1. The summed E-state index contributed by atoms with van der Waals surface area (Å²) in [5.41, 5.74) is 3.98. The van der Waals surface area contributed by atoms with Crippen molar-refractivity contribution in [1.82, 2.24) is 0 Å². The second-order valence-electron chi connectivity index (χ2n) is 6.13. The lowest BCUT2D eigenvalue weighted by Crippen LogP contribution is -2.18. The second-order valence-corrected chi connectivity index (χ2v) is 7.41. The molecule has 5 heteroatoms. The molecule has 1 atom stereocenters. The number of rotatable bonds is 3.